The average Bonchev–Trinajstić information content (AvgIpc) is 2.69. The van der Waals surface area contributed by atoms with Gasteiger partial charge in [-0.3, -0.25) is 4.79 Å². The molecular weight excluding hydrogens is 240 g/mol. The van der Waals surface area contributed by atoms with Crippen molar-refractivity contribution < 1.29 is 18.7 Å². The number of nitrogens with one attached hydrogen (secondary N) is 1. The first-order valence-electron chi connectivity index (χ1n) is 5.62. The molecule has 5 heteroatoms. The monoisotopic (exact) mass is 251 g/mol. The number of halogens is 2. The maximum absolute atomic E-state index is 13.3. The van der Waals surface area contributed by atoms with Gasteiger partial charge in [0.15, 0.2) is 0 Å². The van der Waals surface area contributed by atoms with Crippen LogP contribution in [0, 0.1) is 5.41 Å². The number of carboxylic acid groups (broad SMARTS) is 1. The van der Waals surface area contributed by atoms with E-state index in [-0.39, 0.29) is 6.42 Å². The first-order chi connectivity index (χ1) is 8.46. The molecule has 0 bridgehead atoms. The van der Waals surface area contributed by atoms with Crippen molar-refractivity contribution in [3.8, 4) is 0 Å². The Kier molecular flexibility index (Phi) is 2.06. The number of fused-ring (bicyclic) bond motifs is 1. The molecule has 1 fully saturated rings. The molecule has 3 nitrogen and oxygen atoms in total. The normalized spacial score (nSPS) is 25.2. The molecule has 0 aliphatic heterocycles. The Hall–Kier alpha value is -1.91. The maximum atomic E-state index is 13.3. The van der Waals surface area contributed by atoms with Gasteiger partial charge < -0.3 is 10.1 Å². The molecule has 0 saturated heterocycles. The number of aliphatic carboxylic acids is 1. The summed E-state index contributed by atoms with van der Waals surface area (Å²) in [6, 6.07) is 7.27. The van der Waals surface area contributed by atoms with E-state index in [1.165, 1.54) is 0 Å². The Labute approximate surface area is 101 Å². The van der Waals surface area contributed by atoms with E-state index in [4.69, 9.17) is 5.11 Å². The highest BCUT2D eigenvalue weighted by molar-refractivity contribution is 5.86. The summed E-state index contributed by atoms with van der Waals surface area (Å²) in [5.74, 6) is -4.52. The zero-order chi connectivity index (χ0) is 13.0. The maximum Gasteiger partial charge on any atom is 0.316 e. The molecule has 1 aromatic carbocycles. The predicted molar refractivity (Wildman–Crippen MR) is 61.6 cm³/mol. The second-order valence-electron chi connectivity index (χ2n) is 4.80. The molecule has 18 heavy (non-hydrogen) atoms. The topological polar surface area (TPSA) is 53.1 Å². The Balaban J connectivity index is 2.00. The number of benzene rings is 1. The van der Waals surface area contributed by atoms with Crippen molar-refractivity contribution >= 4 is 16.9 Å². The van der Waals surface area contributed by atoms with Crippen molar-refractivity contribution in [1.29, 1.82) is 0 Å². The Morgan fingerprint density at radius 2 is 2.06 bits per heavy atom. The van der Waals surface area contributed by atoms with Crippen molar-refractivity contribution in [2.75, 3.05) is 0 Å². The molecule has 1 unspecified atom stereocenters. The second kappa shape index (κ2) is 3.31. The summed E-state index contributed by atoms with van der Waals surface area (Å²) in [7, 11) is 0. The van der Waals surface area contributed by atoms with E-state index in [0.29, 0.717) is 5.56 Å². The lowest BCUT2D eigenvalue weighted by Crippen LogP contribution is -2.24. The van der Waals surface area contributed by atoms with E-state index in [1.54, 1.807) is 18.3 Å². The third-order valence-corrected chi connectivity index (χ3v) is 3.68. The second-order valence-corrected chi connectivity index (χ2v) is 4.80. The Morgan fingerprint density at radius 3 is 2.67 bits per heavy atom. The number of carbonyl (C=O) groups is 1. The van der Waals surface area contributed by atoms with Crippen molar-refractivity contribution in [2.24, 2.45) is 5.41 Å². The molecule has 3 rings (SSSR count). The highest BCUT2D eigenvalue weighted by atomic mass is 19.3. The minimum atomic E-state index is -3.10. The van der Waals surface area contributed by atoms with Crippen LogP contribution < -0.4 is 0 Å². The summed E-state index contributed by atoms with van der Waals surface area (Å²) in [5.41, 5.74) is -0.458. The third-order valence-electron chi connectivity index (χ3n) is 3.68. The lowest BCUT2D eigenvalue weighted by molar-refractivity contribution is -0.147. The molecule has 2 N–H and O–H groups in total. The van der Waals surface area contributed by atoms with Gasteiger partial charge in [-0.1, -0.05) is 18.2 Å². The van der Waals surface area contributed by atoms with Crippen LogP contribution >= 0.6 is 0 Å². The number of hydrogen-bond acceptors (Lipinski definition) is 1. The number of para-hydroxylation sites is 1. The molecular formula is C13H11F2NO2. The van der Waals surface area contributed by atoms with Gasteiger partial charge in [0.1, 0.15) is 5.41 Å². The number of aromatic amines is 1. The van der Waals surface area contributed by atoms with Crippen LogP contribution in [0.25, 0.3) is 10.9 Å². The highest BCUT2D eigenvalue weighted by Gasteiger charge is 2.76. The van der Waals surface area contributed by atoms with Crippen LogP contribution in [0.1, 0.15) is 12.0 Å². The molecule has 1 aliphatic rings. The number of hydrogen-bond donors (Lipinski definition) is 2. The van der Waals surface area contributed by atoms with Crippen LogP contribution in [0.3, 0.4) is 0 Å². The first-order valence-corrected chi connectivity index (χ1v) is 5.62. The minimum absolute atomic E-state index is 0.140. The highest BCUT2D eigenvalue weighted by Crippen LogP contribution is 2.62. The van der Waals surface area contributed by atoms with Crippen LogP contribution in [-0.2, 0) is 11.2 Å². The molecule has 0 radical (unpaired) electrons. The average molecular weight is 251 g/mol. The van der Waals surface area contributed by atoms with E-state index >= 15 is 0 Å². The van der Waals surface area contributed by atoms with E-state index in [1.807, 2.05) is 12.1 Å². The number of aromatic nitrogens is 1. The molecule has 2 aromatic rings. The Morgan fingerprint density at radius 1 is 1.39 bits per heavy atom. The smallest absolute Gasteiger partial charge is 0.316 e. The molecule has 1 atom stereocenters. The number of H-pyrrole nitrogens is 1. The fourth-order valence-electron chi connectivity index (χ4n) is 2.44. The van der Waals surface area contributed by atoms with Crippen LogP contribution in [0.4, 0.5) is 8.78 Å². The first kappa shape index (κ1) is 11.2. The van der Waals surface area contributed by atoms with Crippen molar-refractivity contribution in [1.82, 2.24) is 4.98 Å². The summed E-state index contributed by atoms with van der Waals surface area (Å²) in [5, 5.41) is 9.83. The lowest BCUT2D eigenvalue weighted by atomic mass is 9.95. The van der Waals surface area contributed by atoms with Crippen molar-refractivity contribution in [2.45, 2.75) is 18.8 Å². The molecule has 1 aliphatic carbocycles. The number of carboxylic acids is 1. The predicted octanol–water partition coefficient (Wildman–Crippen LogP) is 2.82. The van der Waals surface area contributed by atoms with Gasteiger partial charge in [0.25, 0.3) is 5.92 Å². The van der Waals surface area contributed by atoms with Gasteiger partial charge in [0.05, 0.1) is 0 Å². The fourth-order valence-corrected chi connectivity index (χ4v) is 2.44. The molecule has 0 spiro atoms. The zero-order valence-corrected chi connectivity index (χ0v) is 9.41. The standard InChI is InChI=1S/C13H11F2NO2/c14-13(15)7-12(13,11(17)18)5-8-6-16-10-4-2-1-3-9(8)10/h1-4,6,16H,5,7H2,(H,17,18). The van der Waals surface area contributed by atoms with Gasteiger partial charge in [-0.25, -0.2) is 8.78 Å². The van der Waals surface area contributed by atoms with E-state index in [2.05, 4.69) is 4.98 Å². The fraction of sp³-hybridized carbons (Fsp3) is 0.308. The van der Waals surface area contributed by atoms with Gasteiger partial charge in [-0.15, -0.1) is 0 Å². The van der Waals surface area contributed by atoms with E-state index < -0.39 is 23.7 Å². The van der Waals surface area contributed by atoms with Gasteiger partial charge in [-0.05, 0) is 18.1 Å². The molecule has 1 heterocycles. The van der Waals surface area contributed by atoms with Gasteiger partial charge in [0, 0.05) is 23.5 Å². The van der Waals surface area contributed by atoms with E-state index in [9.17, 15) is 13.6 Å². The van der Waals surface area contributed by atoms with E-state index in [0.717, 1.165) is 10.9 Å². The zero-order valence-electron chi connectivity index (χ0n) is 9.41. The molecule has 1 saturated carbocycles. The van der Waals surface area contributed by atoms with Crippen molar-refractivity contribution in [3.05, 3.63) is 36.0 Å². The van der Waals surface area contributed by atoms with Crippen LogP contribution in [0.5, 0.6) is 0 Å². The summed E-state index contributed by atoms with van der Waals surface area (Å²) >= 11 is 0. The molecule has 0 amide bonds. The quantitative estimate of drug-likeness (QED) is 0.881. The largest absolute Gasteiger partial charge is 0.481 e. The van der Waals surface area contributed by atoms with Crippen LogP contribution in [0.15, 0.2) is 30.5 Å². The minimum Gasteiger partial charge on any atom is -0.481 e. The van der Waals surface area contributed by atoms with Gasteiger partial charge in [0.2, 0.25) is 0 Å². The summed E-state index contributed by atoms with van der Waals surface area (Å²) in [4.78, 5) is 14.0. The Bertz CT molecular complexity index is 635. The van der Waals surface area contributed by atoms with Crippen LogP contribution in [-0.4, -0.2) is 22.0 Å². The molecule has 94 valence electrons. The van der Waals surface area contributed by atoms with Gasteiger partial charge >= 0.3 is 5.97 Å². The van der Waals surface area contributed by atoms with Gasteiger partial charge in [-0.2, -0.15) is 0 Å². The summed E-state index contributed by atoms with van der Waals surface area (Å²) in [6.07, 6.45) is 0.901. The summed E-state index contributed by atoms with van der Waals surface area (Å²) < 4.78 is 26.6. The number of alkyl halides is 2. The van der Waals surface area contributed by atoms with Crippen LogP contribution in [0.2, 0.25) is 0 Å². The third kappa shape index (κ3) is 1.36. The summed E-state index contributed by atoms with van der Waals surface area (Å²) in [6.45, 7) is 0. The SMILES string of the molecule is O=C(O)C1(Cc2c[nH]c3ccccc23)CC1(F)F. The number of rotatable bonds is 3. The van der Waals surface area contributed by atoms with Crippen molar-refractivity contribution in [3.63, 3.8) is 0 Å². The molecule has 1 aromatic heterocycles. The lowest BCUT2D eigenvalue weighted by Gasteiger charge is -2.10.